The first kappa shape index (κ1) is 64.6. The molecule has 0 bridgehead atoms. The lowest BCUT2D eigenvalue weighted by atomic mass is 9.72. The number of aromatic nitrogens is 2. The normalized spacial score (nSPS) is 17.9. The SMILES string of the molecule is CC1(C)CCC(CN2CCN(c3ccc(C(=O)NS(=O)(=O)c4ccc(NCC5CCN(C(=O)CCCCCCCCC#Cc6cccc7c6C(=O)N(C6CCC(=O)NC6=O)C7=O)CC5)c([N+](=O)[O-])c4)c(Oc4cnc5[nH]ccc5c4)c3)CC2)=C(c2ccc(Cl)cc2)C1. The number of likely N-dealkylation sites (tertiary alicyclic amines) is 1. The van der Waals surface area contributed by atoms with E-state index in [2.05, 4.69) is 72.9 Å². The van der Waals surface area contributed by atoms with Gasteiger partial charge in [-0.25, -0.2) is 18.1 Å². The molecule has 1 aliphatic carbocycles. The summed E-state index contributed by atoms with van der Waals surface area (Å²) in [6.07, 6.45) is 14.3. The van der Waals surface area contributed by atoms with Gasteiger partial charge in [0, 0.05) is 112 Å². The summed E-state index contributed by atoms with van der Waals surface area (Å²) in [5.74, 6) is 3.54. The van der Waals surface area contributed by atoms with Gasteiger partial charge in [-0.05, 0) is 134 Å². The van der Waals surface area contributed by atoms with Gasteiger partial charge in [0.05, 0.1) is 32.7 Å². The van der Waals surface area contributed by atoms with Crippen molar-refractivity contribution in [1.29, 1.82) is 0 Å². The molecule has 3 saturated heterocycles. The number of H-pyrrole nitrogens is 1. The van der Waals surface area contributed by atoms with E-state index in [0.29, 0.717) is 80.4 Å². The van der Waals surface area contributed by atoms with Crippen LogP contribution >= 0.6 is 11.6 Å². The molecule has 4 aliphatic heterocycles. The Morgan fingerprint density at radius 3 is 2.38 bits per heavy atom. The van der Waals surface area contributed by atoms with Crippen LogP contribution in [0, 0.1) is 33.3 Å². The van der Waals surface area contributed by atoms with E-state index in [9.17, 15) is 47.3 Å². The number of nitro groups is 1. The summed E-state index contributed by atoms with van der Waals surface area (Å²) in [7, 11) is -4.66. The Kier molecular flexibility index (Phi) is 19.9. The lowest BCUT2D eigenvalue weighted by Gasteiger charge is -2.39. The number of ether oxygens (including phenoxy) is 1. The molecule has 1 unspecified atom stereocenters. The van der Waals surface area contributed by atoms with Gasteiger partial charge in [0.1, 0.15) is 28.9 Å². The van der Waals surface area contributed by atoms with Crippen LogP contribution in [0.5, 0.6) is 11.5 Å². The molecule has 2 aromatic heterocycles. The summed E-state index contributed by atoms with van der Waals surface area (Å²) in [6.45, 7) is 9.95. The van der Waals surface area contributed by atoms with Gasteiger partial charge in [-0.1, -0.05) is 86.7 Å². The number of imide groups is 2. The van der Waals surface area contributed by atoms with Crippen LogP contribution in [0.15, 0.2) is 114 Å². The minimum Gasteiger partial charge on any atom is -0.455 e. The number of sulfonamides is 1. The van der Waals surface area contributed by atoms with Crippen molar-refractivity contribution in [2.45, 2.75) is 121 Å². The molecule has 6 amide bonds. The third-order valence-electron chi connectivity index (χ3n) is 18.2. The maximum Gasteiger partial charge on any atom is 0.293 e. The van der Waals surface area contributed by atoms with Gasteiger partial charge in [0.25, 0.3) is 33.4 Å². The molecule has 3 fully saturated rings. The van der Waals surface area contributed by atoms with Crippen molar-refractivity contribution in [3.63, 3.8) is 0 Å². The van der Waals surface area contributed by atoms with E-state index in [-0.39, 0.29) is 58.2 Å². The zero-order valence-corrected chi connectivity index (χ0v) is 53.3. The number of fused-ring (bicyclic) bond motifs is 2. The highest BCUT2D eigenvalue weighted by Crippen LogP contribution is 2.44. The van der Waals surface area contributed by atoms with Crippen LogP contribution in [0.25, 0.3) is 16.6 Å². The molecule has 1 atom stereocenters. The standard InChI is InChI=1S/C69H75ClN10O11S/c1-69(2)30-26-49(56(41-69)46-16-18-50(70)19-17-46)44-76-34-36-77(37-35-76)51-20-22-54(60(39-51)91-52-38-48-27-31-71-64(48)73-43-52)65(83)75-92(89,90)53-21-23-57(59(40-53)80(87)88)72-42-45-28-32-78(33-29-45)62(82)15-10-8-6-4-3-5-7-9-12-47-13-11-14-55-63(47)68(86)79(67(55)85)58-24-25-61(81)74-66(58)84/h11,13-14,16-23,27,31,38-40,43,45,58,72H,3-8,10,15,24-26,28-30,32-37,41-42,44H2,1-2H3,(H,71,73)(H,75,83)(H,74,81,84). The topological polar surface area (TPSA) is 267 Å². The number of benzene rings is 4. The molecule has 0 saturated carbocycles. The fourth-order valence-electron chi connectivity index (χ4n) is 13.0. The summed E-state index contributed by atoms with van der Waals surface area (Å²) in [4.78, 5) is 104. The average Bonchev–Trinajstić information content (AvgIpc) is 1.58. The van der Waals surface area contributed by atoms with Gasteiger partial charge in [-0.3, -0.25) is 54.0 Å². The van der Waals surface area contributed by atoms with Crippen molar-refractivity contribution >= 4 is 90.7 Å². The number of aromatic amines is 1. The summed E-state index contributed by atoms with van der Waals surface area (Å²) in [5, 5.41) is 19.3. The van der Waals surface area contributed by atoms with Crippen molar-refractivity contribution in [1.82, 2.24) is 34.7 Å². The summed E-state index contributed by atoms with van der Waals surface area (Å²) in [5.41, 5.74) is 6.05. The fourth-order valence-corrected chi connectivity index (χ4v) is 14.1. The number of pyridine rings is 1. The van der Waals surface area contributed by atoms with Crippen LogP contribution in [-0.4, -0.2) is 132 Å². The van der Waals surface area contributed by atoms with E-state index in [1.165, 1.54) is 41.1 Å². The van der Waals surface area contributed by atoms with Crippen molar-refractivity contribution in [3.05, 3.63) is 152 Å². The first-order valence-electron chi connectivity index (χ1n) is 31.7. The Bertz CT molecular complexity index is 4070. The number of carbonyl (C=O) groups is 6. The van der Waals surface area contributed by atoms with Crippen molar-refractivity contribution < 1.29 is 46.8 Å². The van der Waals surface area contributed by atoms with Crippen molar-refractivity contribution in [2.24, 2.45) is 11.3 Å². The molecular weight excluding hydrogens is 1210 g/mol. The molecule has 480 valence electrons. The number of nitro benzene ring substituents is 1. The Labute approximate surface area is 539 Å². The van der Waals surface area contributed by atoms with Crippen LogP contribution in [0.1, 0.15) is 152 Å². The van der Waals surface area contributed by atoms with E-state index < -0.39 is 61.1 Å². The minimum atomic E-state index is -4.66. The van der Waals surface area contributed by atoms with Gasteiger partial charge < -0.3 is 24.8 Å². The maximum absolute atomic E-state index is 14.2. The largest absolute Gasteiger partial charge is 0.455 e. The number of anilines is 2. The Morgan fingerprint density at radius 2 is 1.62 bits per heavy atom. The first-order chi connectivity index (χ1) is 44.3. The minimum absolute atomic E-state index is 0.0426. The molecule has 4 aromatic carbocycles. The fraction of sp³-hybridized carbons (Fsp3) is 0.406. The summed E-state index contributed by atoms with van der Waals surface area (Å²) < 4.78 is 36.5. The van der Waals surface area contributed by atoms with E-state index in [1.54, 1.807) is 42.6 Å². The number of nitrogens with one attached hydrogen (secondary N) is 4. The lowest BCUT2D eigenvalue weighted by Crippen LogP contribution is -2.54. The zero-order chi connectivity index (χ0) is 64.7. The van der Waals surface area contributed by atoms with Gasteiger partial charge >= 0.3 is 0 Å². The smallest absolute Gasteiger partial charge is 0.293 e. The number of halogens is 1. The number of carbonyl (C=O) groups excluding carboxylic acids is 6. The third kappa shape index (κ3) is 15.2. The monoisotopic (exact) mass is 1290 g/mol. The Hall–Kier alpha value is -8.91. The van der Waals surface area contributed by atoms with Crippen LogP contribution in [0.4, 0.5) is 17.1 Å². The molecule has 4 N–H and O–H groups in total. The number of piperazine rings is 1. The second-order valence-electron chi connectivity index (χ2n) is 25.2. The van der Waals surface area contributed by atoms with Gasteiger partial charge in [-0.15, -0.1) is 0 Å². The first-order valence-corrected chi connectivity index (χ1v) is 33.5. The second-order valence-corrected chi connectivity index (χ2v) is 27.4. The lowest BCUT2D eigenvalue weighted by molar-refractivity contribution is -0.384. The molecular formula is C69H75ClN10O11S. The summed E-state index contributed by atoms with van der Waals surface area (Å²) in [6, 6.07) is 24.1. The Balaban J connectivity index is 0.633. The van der Waals surface area contributed by atoms with E-state index in [0.717, 1.165) is 99.5 Å². The van der Waals surface area contributed by atoms with Crippen LogP contribution in [0.3, 0.4) is 0 Å². The number of hydrogen-bond donors (Lipinski definition) is 4. The predicted octanol–water partition coefficient (Wildman–Crippen LogP) is 11.0. The number of hydrogen-bond acceptors (Lipinski definition) is 15. The molecule has 5 aliphatic rings. The molecule has 21 nitrogen and oxygen atoms in total. The highest BCUT2D eigenvalue weighted by atomic mass is 35.5. The van der Waals surface area contributed by atoms with E-state index >= 15 is 0 Å². The maximum atomic E-state index is 14.2. The van der Waals surface area contributed by atoms with Gasteiger partial charge in [-0.2, -0.15) is 0 Å². The molecule has 92 heavy (non-hydrogen) atoms. The van der Waals surface area contributed by atoms with Crippen molar-refractivity contribution in [3.8, 4) is 23.3 Å². The molecule has 11 rings (SSSR count). The third-order valence-corrected chi connectivity index (χ3v) is 19.8. The van der Waals surface area contributed by atoms with Crippen LogP contribution in [-0.2, 0) is 24.4 Å². The highest BCUT2D eigenvalue weighted by Gasteiger charge is 2.45. The van der Waals surface area contributed by atoms with Crippen molar-refractivity contribution in [2.75, 3.05) is 62.6 Å². The van der Waals surface area contributed by atoms with E-state index in [1.807, 2.05) is 23.1 Å². The number of unbranched alkanes of at least 4 members (excludes halogenated alkanes) is 6. The number of nitrogens with zero attached hydrogens (tertiary/aromatic N) is 6. The predicted molar refractivity (Wildman–Crippen MR) is 350 cm³/mol. The second kappa shape index (κ2) is 28.3. The number of piperidine rings is 2. The van der Waals surface area contributed by atoms with Crippen LogP contribution < -0.4 is 25.0 Å². The van der Waals surface area contributed by atoms with Gasteiger partial charge in [0.15, 0.2) is 0 Å². The molecule has 6 aromatic rings. The molecule has 6 heterocycles. The molecule has 23 heteroatoms. The molecule has 0 radical (unpaired) electrons. The summed E-state index contributed by atoms with van der Waals surface area (Å²) >= 11 is 6.27. The number of allylic oxidation sites excluding steroid dienone is 1. The number of amides is 6. The van der Waals surface area contributed by atoms with E-state index in [4.69, 9.17) is 16.3 Å². The average molecular weight is 1290 g/mol. The van der Waals surface area contributed by atoms with Gasteiger partial charge in [0.2, 0.25) is 17.7 Å². The number of rotatable bonds is 22. The quantitative estimate of drug-likeness (QED) is 0.0162. The molecule has 0 spiro atoms. The zero-order valence-electron chi connectivity index (χ0n) is 51.7. The Morgan fingerprint density at radius 1 is 0.859 bits per heavy atom. The highest BCUT2D eigenvalue weighted by molar-refractivity contribution is 7.90. The van der Waals surface area contributed by atoms with Crippen LogP contribution in [0.2, 0.25) is 5.02 Å².